The summed E-state index contributed by atoms with van der Waals surface area (Å²) in [6.45, 7) is 3.84. The highest BCUT2D eigenvalue weighted by atomic mass is 19.3. The minimum atomic E-state index is -2.70. The van der Waals surface area contributed by atoms with Crippen LogP contribution in [0.15, 0.2) is 18.2 Å². The molecule has 20 heavy (non-hydrogen) atoms. The summed E-state index contributed by atoms with van der Waals surface area (Å²) in [5, 5.41) is 10.7. The van der Waals surface area contributed by atoms with Gasteiger partial charge in [0.1, 0.15) is 0 Å². The number of nitro groups is 1. The van der Waals surface area contributed by atoms with Gasteiger partial charge in [-0.1, -0.05) is 6.07 Å². The van der Waals surface area contributed by atoms with Gasteiger partial charge in [-0.25, -0.2) is 8.78 Å². The molecule has 0 aromatic heterocycles. The number of halogens is 2. The average Bonchev–Trinajstić information content (AvgIpc) is 2.41. The first-order valence-electron chi connectivity index (χ1n) is 6.43. The van der Waals surface area contributed by atoms with Gasteiger partial charge in [-0.2, -0.15) is 0 Å². The minimum absolute atomic E-state index is 0.238. The van der Waals surface area contributed by atoms with Crippen molar-refractivity contribution in [2.45, 2.75) is 13.0 Å². The Balaban J connectivity index is 2.16. The molecular weight excluding hydrogens is 268 g/mol. The molecule has 0 spiro atoms. The number of rotatable bonds is 4. The van der Waals surface area contributed by atoms with Gasteiger partial charge in [0.15, 0.2) is 0 Å². The molecule has 0 saturated carbocycles. The van der Waals surface area contributed by atoms with E-state index in [1.54, 1.807) is 0 Å². The maximum absolute atomic E-state index is 13.0. The van der Waals surface area contributed by atoms with Crippen molar-refractivity contribution < 1.29 is 13.7 Å². The fraction of sp³-hybridized carbons (Fsp3) is 0.538. The van der Waals surface area contributed by atoms with Crippen LogP contribution in [0.4, 0.5) is 14.5 Å². The van der Waals surface area contributed by atoms with E-state index in [1.807, 2.05) is 7.05 Å². The van der Waals surface area contributed by atoms with Gasteiger partial charge >= 0.3 is 0 Å². The molecule has 1 aliphatic heterocycles. The Morgan fingerprint density at radius 2 is 1.95 bits per heavy atom. The van der Waals surface area contributed by atoms with Gasteiger partial charge in [0.25, 0.3) is 12.1 Å². The van der Waals surface area contributed by atoms with Gasteiger partial charge in [-0.15, -0.1) is 0 Å². The zero-order valence-electron chi connectivity index (χ0n) is 11.3. The van der Waals surface area contributed by atoms with E-state index >= 15 is 0 Å². The number of non-ortho nitro benzene ring substituents is 1. The van der Waals surface area contributed by atoms with Crippen LogP contribution in [0, 0.1) is 10.1 Å². The first-order valence-corrected chi connectivity index (χ1v) is 6.43. The molecule has 1 aliphatic rings. The fourth-order valence-corrected chi connectivity index (χ4v) is 2.29. The van der Waals surface area contributed by atoms with Crippen molar-refractivity contribution >= 4 is 5.69 Å². The summed E-state index contributed by atoms with van der Waals surface area (Å²) < 4.78 is 26.1. The van der Waals surface area contributed by atoms with Crippen LogP contribution in [-0.2, 0) is 6.54 Å². The molecular formula is C13H17F2N3O2. The first-order chi connectivity index (χ1) is 9.47. The molecule has 0 radical (unpaired) electrons. The number of piperazine rings is 1. The van der Waals surface area contributed by atoms with Gasteiger partial charge in [-0.3, -0.25) is 15.0 Å². The van der Waals surface area contributed by atoms with E-state index in [9.17, 15) is 18.9 Å². The highest BCUT2D eigenvalue weighted by Crippen LogP contribution is 2.28. The Labute approximate surface area is 115 Å². The summed E-state index contributed by atoms with van der Waals surface area (Å²) in [6.07, 6.45) is -2.70. The predicted octanol–water partition coefficient (Wildman–Crippen LogP) is 2.28. The van der Waals surface area contributed by atoms with Crippen LogP contribution in [0.5, 0.6) is 0 Å². The molecule has 0 aliphatic carbocycles. The summed E-state index contributed by atoms with van der Waals surface area (Å²) in [7, 11) is 2.02. The lowest BCUT2D eigenvalue weighted by atomic mass is 10.1. The zero-order chi connectivity index (χ0) is 14.7. The van der Waals surface area contributed by atoms with E-state index in [0.717, 1.165) is 32.2 Å². The highest BCUT2D eigenvalue weighted by molar-refractivity contribution is 5.40. The lowest BCUT2D eigenvalue weighted by molar-refractivity contribution is -0.385. The van der Waals surface area contributed by atoms with Crippen molar-refractivity contribution in [3.8, 4) is 0 Å². The first kappa shape index (κ1) is 14.8. The number of hydrogen-bond acceptors (Lipinski definition) is 4. The van der Waals surface area contributed by atoms with Crippen molar-refractivity contribution in [2.75, 3.05) is 33.2 Å². The maximum Gasteiger partial charge on any atom is 0.269 e. The second kappa shape index (κ2) is 6.23. The fourth-order valence-electron chi connectivity index (χ4n) is 2.29. The Morgan fingerprint density at radius 1 is 1.30 bits per heavy atom. The molecule has 110 valence electrons. The summed E-state index contributed by atoms with van der Waals surface area (Å²) in [4.78, 5) is 14.3. The number of benzene rings is 1. The molecule has 2 rings (SSSR count). The topological polar surface area (TPSA) is 49.6 Å². The van der Waals surface area contributed by atoms with Crippen molar-refractivity contribution in [3.63, 3.8) is 0 Å². The molecule has 7 heteroatoms. The maximum atomic E-state index is 13.0. The third-order valence-electron chi connectivity index (χ3n) is 3.57. The molecule has 1 aromatic carbocycles. The molecule has 0 bridgehead atoms. The van der Waals surface area contributed by atoms with Crippen molar-refractivity contribution in [1.29, 1.82) is 0 Å². The van der Waals surface area contributed by atoms with Crippen LogP contribution in [0.2, 0.25) is 0 Å². The Bertz CT molecular complexity index is 489. The van der Waals surface area contributed by atoms with Crippen LogP contribution in [-0.4, -0.2) is 47.9 Å². The predicted molar refractivity (Wildman–Crippen MR) is 70.8 cm³/mol. The average molecular weight is 285 g/mol. The van der Waals surface area contributed by atoms with Crippen molar-refractivity contribution in [3.05, 3.63) is 39.4 Å². The van der Waals surface area contributed by atoms with Crippen LogP contribution < -0.4 is 0 Å². The van der Waals surface area contributed by atoms with Crippen LogP contribution in [0.3, 0.4) is 0 Å². The minimum Gasteiger partial charge on any atom is -0.304 e. The Kier molecular flexibility index (Phi) is 4.61. The standard InChI is InChI=1S/C13H17F2N3O2/c1-16-4-6-17(7-5-16)9-10-2-3-11(18(19)20)8-12(10)13(14)15/h2-3,8,13H,4-7,9H2,1H3. The molecule has 0 unspecified atom stereocenters. The second-order valence-corrected chi connectivity index (χ2v) is 5.02. The number of likely N-dealkylation sites (N-methyl/N-ethyl adjacent to an activating group) is 1. The largest absolute Gasteiger partial charge is 0.304 e. The summed E-state index contributed by atoms with van der Waals surface area (Å²) >= 11 is 0. The van der Waals surface area contributed by atoms with Gasteiger partial charge < -0.3 is 4.90 Å². The normalized spacial score (nSPS) is 17.6. The van der Waals surface area contributed by atoms with E-state index in [0.29, 0.717) is 12.1 Å². The number of nitro benzene ring substituents is 1. The van der Waals surface area contributed by atoms with Gasteiger partial charge in [-0.05, 0) is 12.6 Å². The summed E-state index contributed by atoms with van der Waals surface area (Å²) in [6, 6.07) is 3.71. The third kappa shape index (κ3) is 3.49. The number of hydrogen-bond donors (Lipinski definition) is 0. The summed E-state index contributed by atoms with van der Waals surface area (Å²) in [5.74, 6) is 0. The second-order valence-electron chi connectivity index (χ2n) is 5.02. The molecule has 0 amide bonds. The summed E-state index contributed by atoms with van der Waals surface area (Å²) in [5.41, 5.74) is -0.0595. The van der Waals surface area contributed by atoms with E-state index in [4.69, 9.17) is 0 Å². The quantitative estimate of drug-likeness (QED) is 0.629. The molecule has 5 nitrogen and oxygen atoms in total. The van der Waals surface area contributed by atoms with Crippen LogP contribution >= 0.6 is 0 Å². The Morgan fingerprint density at radius 3 is 2.50 bits per heavy atom. The molecule has 0 atom stereocenters. The van der Waals surface area contributed by atoms with Gasteiger partial charge in [0, 0.05) is 50.4 Å². The molecule has 1 fully saturated rings. The molecule has 1 aromatic rings. The van der Waals surface area contributed by atoms with Crippen molar-refractivity contribution in [1.82, 2.24) is 9.80 Å². The SMILES string of the molecule is CN1CCN(Cc2ccc([N+](=O)[O-])cc2C(F)F)CC1. The van der Waals surface area contributed by atoms with E-state index in [2.05, 4.69) is 9.80 Å². The molecule has 1 heterocycles. The van der Waals surface area contributed by atoms with E-state index < -0.39 is 11.3 Å². The molecule has 1 saturated heterocycles. The van der Waals surface area contributed by atoms with Gasteiger partial charge in [0.2, 0.25) is 0 Å². The van der Waals surface area contributed by atoms with Crippen molar-refractivity contribution in [2.24, 2.45) is 0 Å². The molecule has 0 N–H and O–H groups in total. The lowest BCUT2D eigenvalue weighted by Gasteiger charge is -2.32. The smallest absolute Gasteiger partial charge is 0.269 e. The highest BCUT2D eigenvalue weighted by Gasteiger charge is 2.21. The third-order valence-corrected chi connectivity index (χ3v) is 3.57. The van der Waals surface area contributed by atoms with Gasteiger partial charge in [0.05, 0.1) is 4.92 Å². The zero-order valence-corrected chi connectivity index (χ0v) is 11.3. The van der Waals surface area contributed by atoms with E-state index in [-0.39, 0.29) is 11.3 Å². The lowest BCUT2D eigenvalue weighted by Crippen LogP contribution is -2.44. The number of nitrogens with zero attached hydrogens (tertiary/aromatic N) is 3. The van der Waals surface area contributed by atoms with E-state index in [1.165, 1.54) is 12.1 Å². The van der Waals surface area contributed by atoms with Crippen LogP contribution in [0.25, 0.3) is 0 Å². The number of alkyl halides is 2. The monoisotopic (exact) mass is 285 g/mol. The van der Waals surface area contributed by atoms with Crippen LogP contribution in [0.1, 0.15) is 17.6 Å². The Hall–Kier alpha value is -1.60.